The third-order valence-corrected chi connectivity index (χ3v) is 4.61. The summed E-state index contributed by atoms with van der Waals surface area (Å²) in [5.74, 6) is 0. The van der Waals surface area contributed by atoms with E-state index in [0.29, 0.717) is 17.1 Å². The van der Waals surface area contributed by atoms with Gasteiger partial charge >= 0.3 is 0 Å². The zero-order valence-corrected chi connectivity index (χ0v) is 13.3. The number of hydrogen-bond acceptors (Lipinski definition) is 4. The first kappa shape index (κ1) is 16.0. The van der Waals surface area contributed by atoms with Crippen molar-refractivity contribution in [2.75, 3.05) is 7.05 Å². The molecule has 0 atom stereocenters. The first-order valence-corrected chi connectivity index (χ1v) is 8.22. The second kappa shape index (κ2) is 6.57. The van der Waals surface area contributed by atoms with Crippen LogP contribution in [0.25, 0.3) is 0 Å². The standard InChI is InChI=1S/C13H17ClN4O2S/c1-9-12(8-15-2)13(18-17-9)21(19,20)16-7-10-4-3-5-11(14)6-10/h3-6,15-16H,7-8H2,1-2H3,(H,17,18). The Balaban J connectivity index is 2.19. The summed E-state index contributed by atoms with van der Waals surface area (Å²) in [6, 6.07) is 7.03. The van der Waals surface area contributed by atoms with E-state index in [-0.39, 0.29) is 11.6 Å². The minimum atomic E-state index is -3.68. The molecule has 0 saturated heterocycles. The maximum atomic E-state index is 12.3. The van der Waals surface area contributed by atoms with E-state index in [9.17, 15) is 8.42 Å². The van der Waals surface area contributed by atoms with Crippen LogP contribution < -0.4 is 10.0 Å². The zero-order chi connectivity index (χ0) is 15.5. The highest BCUT2D eigenvalue weighted by Gasteiger charge is 2.23. The van der Waals surface area contributed by atoms with Crippen molar-refractivity contribution in [1.82, 2.24) is 20.2 Å². The van der Waals surface area contributed by atoms with Crippen molar-refractivity contribution in [2.24, 2.45) is 0 Å². The highest BCUT2D eigenvalue weighted by Crippen LogP contribution is 2.17. The molecule has 3 N–H and O–H groups in total. The second-order valence-corrected chi connectivity index (χ2v) is 6.74. The summed E-state index contributed by atoms with van der Waals surface area (Å²) in [4.78, 5) is 0. The normalized spacial score (nSPS) is 11.8. The number of hydrogen-bond donors (Lipinski definition) is 3. The van der Waals surface area contributed by atoms with E-state index in [4.69, 9.17) is 11.6 Å². The number of halogens is 1. The quantitative estimate of drug-likeness (QED) is 0.751. The molecule has 0 fully saturated rings. The van der Waals surface area contributed by atoms with Crippen LogP contribution in [0.1, 0.15) is 16.8 Å². The van der Waals surface area contributed by atoms with Gasteiger partial charge in [0, 0.05) is 29.4 Å². The first-order valence-electron chi connectivity index (χ1n) is 6.36. The molecule has 0 bridgehead atoms. The molecule has 0 saturated carbocycles. The van der Waals surface area contributed by atoms with Crippen molar-refractivity contribution in [1.29, 1.82) is 0 Å². The summed E-state index contributed by atoms with van der Waals surface area (Å²) in [6.45, 7) is 2.37. The van der Waals surface area contributed by atoms with Crippen LogP contribution in [0.4, 0.5) is 0 Å². The lowest BCUT2D eigenvalue weighted by atomic mass is 10.2. The fourth-order valence-corrected chi connectivity index (χ4v) is 3.35. The smallest absolute Gasteiger partial charge is 0.260 e. The number of nitrogens with zero attached hydrogens (tertiary/aromatic N) is 1. The number of aromatic nitrogens is 2. The van der Waals surface area contributed by atoms with Gasteiger partial charge in [-0.25, -0.2) is 13.1 Å². The second-order valence-electron chi connectivity index (χ2n) is 4.62. The molecule has 0 radical (unpaired) electrons. The molecule has 114 valence electrons. The van der Waals surface area contributed by atoms with E-state index in [0.717, 1.165) is 11.3 Å². The molecule has 1 aromatic carbocycles. The van der Waals surface area contributed by atoms with Crippen LogP contribution in [-0.4, -0.2) is 25.7 Å². The Bertz CT molecular complexity index is 728. The van der Waals surface area contributed by atoms with E-state index in [1.54, 1.807) is 38.2 Å². The molecular formula is C13H17ClN4O2S. The summed E-state index contributed by atoms with van der Waals surface area (Å²) in [6.07, 6.45) is 0. The Morgan fingerprint density at radius 2 is 2.10 bits per heavy atom. The van der Waals surface area contributed by atoms with Crippen LogP contribution in [0.5, 0.6) is 0 Å². The van der Waals surface area contributed by atoms with E-state index in [1.165, 1.54) is 0 Å². The number of H-pyrrole nitrogens is 1. The van der Waals surface area contributed by atoms with Crippen molar-refractivity contribution in [3.8, 4) is 0 Å². The van der Waals surface area contributed by atoms with Crippen LogP contribution in [-0.2, 0) is 23.1 Å². The fourth-order valence-electron chi connectivity index (χ4n) is 1.93. The largest absolute Gasteiger partial charge is 0.316 e. The highest BCUT2D eigenvalue weighted by molar-refractivity contribution is 7.89. The van der Waals surface area contributed by atoms with Crippen LogP contribution in [0, 0.1) is 6.92 Å². The summed E-state index contributed by atoms with van der Waals surface area (Å²) in [5, 5.41) is 10.1. The van der Waals surface area contributed by atoms with Gasteiger partial charge in [0.05, 0.1) is 0 Å². The number of aromatic amines is 1. The minimum Gasteiger partial charge on any atom is -0.316 e. The molecule has 0 aliphatic carbocycles. The monoisotopic (exact) mass is 328 g/mol. The van der Waals surface area contributed by atoms with Crippen LogP contribution >= 0.6 is 11.6 Å². The minimum absolute atomic E-state index is 0.0244. The fraction of sp³-hybridized carbons (Fsp3) is 0.308. The summed E-state index contributed by atoms with van der Waals surface area (Å²) in [7, 11) is -1.93. The van der Waals surface area contributed by atoms with E-state index >= 15 is 0 Å². The average Bonchev–Trinajstić information content (AvgIpc) is 2.80. The van der Waals surface area contributed by atoms with Gasteiger partial charge in [-0.3, -0.25) is 5.10 Å². The maximum Gasteiger partial charge on any atom is 0.260 e. The van der Waals surface area contributed by atoms with E-state index < -0.39 is 10.0 Å². The molecular weight excluding hydrogens is 312 g/mol. The van der Waals surface area contributed by atoms with Crippen molar-refractivity contribution in [3.63, 3.8) is 0 Å². The number of benzene rings is 1. The Kier molecular flexibility index (Phi) is 5.00. The lowest BCUT2D eigenvalue weighted by Gasteiger charge is -2.07. The first-order chi connectivity index (χ1) is 9.94. The summed E-state index contributed by atoms with van der Waals surface area (Å²) >= 11 is 5.88. The van der Waals surface area contributed by atoms with E-state index in [1.807, 2.05) is 0 Å². The molecule has 21 heavy (non-hydrogen) atoms. The molecule has 0 amide bonds. The van der Waals surface area contributed by atoms with Gasteiger partial charge in [-0.15, -0.1) is 0 Å². The zero-order valence-electron chi connectivity index (χ0n) is 11.8. The number of nitrogens with one attached hydrogen (secondary N) is 3. The molecule has 0 spiro atoms. The Labute approximate surface area is 129 Å². The van der Waals surface area contributed by atoms with Crippen molar-refractivity contribution in [2.45, 2.75) is 25.0 Å². The van der Waals surface area contributed by atoms with Gasteiger partial charge in [-0.1, -0.05) is 23.7 Å². The van der Waals surface area contributed by atoms with Crippen LogP contribution in [0.2, 0.25) is 5.02 Å². The Hall–Kier alpha value is -1.41. The third kappa shape index (κ3) is 3.82. The molecule has 1 aromatic heterocycles. The average molecular weight is 329 g/mol. The SMILES string of the molecule is CNCc1c(S(=O)(=O)NCc2cccc(Cl)c2)n[nH]c1C. The molecule has 0 aliphatic rings. The van der Waals surface area contributed by atoms with Crippen molar-refractivity contribution < 1.29 is 8.42 Å². The van der Waals surface area contributed by atoms with Gasteiger partial charge in [-0.2, -0.15) is 5.10 Å². The van der Waals surface area contributed by atoms with Gasteiger partial charge in [0.15, 0.2) is 5.03 Å². The Morgan fingerprint density at radius 1 is 1.33 bits per heavy atom. The predicted molar refractivity (Wildman–Crippen MR) is 81.6 cm³/mol. The topological polar surface area (TPSA) is 86.9 Å². The highest BCUT2D eigenvalue weighted by atomic mass is 35.5. The molecule has 8 heteroatoms. The molecule has 0 aliphatic heterocycles. The molecule has 2 aromatic rings. The number of aryl methyl sites for hydroxylation is 1. The molecule has 1 heterocycles. The molecule has 2 rings (SSSR count). The summed E-state index contributed by atoms with van der Waals surface area (Å²) < 4.78 is 27.2. The van der Waals surface area contributed by atoms with Gasteiger partial charge in [-0.05, 0) is 31.7 Å². The lowest BCUT2D eigenvalue weighted by Crippen LogP contribution is -2.25. The summed E-state index contributed by atoms with van der Waals surface area (Å²) in [5.41, 5.74) is 2.15. The van der Waals surface area contributed by atoms with E-state index in [2.05, 4.69) is 20.2 Å². The number of sulfonamides is 1. The third-order valence-electron chi connectivity index (χ3n) is 3.00. The van der Waals surface area contributed by atoms with Gasteiger partial charge < -0.3 is 5.32 Å². The van der Waals surface area contributed by atoms with Crippen molar-refractivity contribution in [3.05, 3.63) is 46.1 Å². The van der Waals surface area contributed by atoms with Crippen LogP contribution in [0.3, 0.4) is 0 Å². The maximum absolute atomic E-state index is 12.3. The van der Waals surface area contributed by atoms with Crippen LogP contribution in [0.15, 0.2) is 29.3 Å². The Morgan fingerprint density at radius 3 is 2.76 bits per heavy atom. The van der Waals surface area contributed by atoms with Crippen molar-refractivity contribution >= 4 is 21.6 Å². The predicted octanol–water partition coefficient (Wildman–Crippen LogP) is 1.57. The van der Waals surface area contributed by atoms with Gasteiger partial charge in [0.1, 0.15) is 0 Å². The van der Waals surface area contributed by atoms with Gasteiger partial charge in [0.2, 0.25) is 0 Å². The molecule has 0 unspecified atom stereocenters. The lowest BCUT2D eigenvalue weighted by molar-refractivity contribution is 0.575. The van der Waals surface area contributed by atoms with Gasteiger partial charge in [0.25, 0.3) is 10.0 Å². The number of rotatable bonds is 6. The molecule has 6 nitrogen and oxygen atoms in total.